The Hall–Kier alpha value is -3.46. The number of benzene rings is 1. The Kier molecular flexibility index (Phi) is 7.82. The van der Waals surface area contributed by atoms with Crippen LogP contribution in [0.2, 0.25) is 0 Å². The van der Waals surface area contributed by atoms with Crippen molar-refractivity contribution in [3.8, 4) is 5.75 Å². The first-order chi connectivity index (χ1) is 17.6. The van der Waals surface area contributed by atoms with E-state index in [0.717, 1.165) is 5.56 Å². The number of ether oxygens (including phenoxy) is 2. The molecule has 0 radical (unpaired) electrons. The number of carbonyl (C=O) groups excluding carboxylic acids is 3. The maximum Gasteiger partial charge on any atom is 0.257 e. The van der Waals surface area contributed by atoms with E-state index in [2.05, 4.69) is 10.3 Å². The predicted molar refractivity (Wildman–Crippen MR) is 138 cm³/mol. The molecule has 3 heterocycles. The van der Waals surface area contributed by atoms with Crippen LogP contribution in [-0.4, -0.2) is 71.1 Å². The first kappa shape index (κ1) is 26.6. The highest BCUT2D eigenvalue weighted by Gasteiger charge is 2.54. The molecule has 1 N–H and O–H groups in total. The molecule has 198 valence electrons. The fraction of sp³-hybridized carbons (Fsp3) is 0.500. The minimum absolute atomic E-state index is 0.0878. The van der Waals surface area contributed by atoms with Crippen molar-refractivity contribution in [2.45, 2.75) is 58.3 Å². The number of nitrogens with one attached hydrogen (secondary N) is 1. The molecular formula is C28H36N4O5. The maximum atomic E-state index is 13.9. The van der Waals surface area contributed by atoms with Crippen LogP contribution in [0.5, 0.6) is 5.75 Å². The van der Waals surface area contributed by atoms with Crippen molar-refractivity contribution in [3.63, 3.8) is 0 Å². The predicted octanol–water partition coefficient (Wildman–Crippen LogP) is 3.00. The topological polar surface area (TPSA) is 101 Å². The third-order valence-electron chi connectivity index (χ3n) is 6.87. The van der Waals surface area contributed by atoms with Gasteiger partial charge in [0.25, 0.3) is 5.91 Å². The Bertz CT molecular complexity index is 1120. The summed E-state index contributed by atoms with van der Waals surface area (Å²) >= 11 is 0. The Balaban J connectivity index is 1.56. The summed E-state index contributed by atoms with van der Waals surface area (Å²) in [6.45, 7) is 7.43. The molecule has 9 nitrogen and oxygen atoms in total. The van der Waals surface area contributed by atoms with E-state index in [9.17, 15) is 14.4 Å². The molecular weight excluding hydrogens is 472 g/mol. The van der Waals surface area contributed by atoms with E-state index < -0.39 is 11.8 Å². The molecule has 2 saturated heterocycles. The second-order valence-electron chi connectivity index (χ2n) is 10.9. The lowest BCUT2D eigenvalue weighted by Crippen LogP contribution is -2.59. The zero-order chi connectivity index (χ0) is 26.6. The highest BCUT2D eigenvalue weighted by molar-refractivity contribution is 5.98. The van der Waals surface area contributed by atoms with Crippen LogP contribution in [0.1, 0.15) is 56.0 Å². The van der Waals surface area contributed by atoms with Gasteiger partial charge < -0.3 is 19.7 Å². The largest absolute Gasteiger partial charge is 0.497 e. The number of rotatable bonds is 6. The zero-order valence-electron chi connectivity index (χ0n) is 22.0. The number of amides is 3. The van der Waals surface area contributed by atoms with Crippen LogP contribution in [0.25, 0.3) is 0 Å². The van der Waals surface area contributed by atoms with Gasteiger partial charge in [-0.25, -0.2) is 0 Å². The number of carbonyl (C=O) groups is 3. The molecule has 2 aliphatic heterocycles. The van der Waals surface area contributed by atoms with Gasteiger partial charge in [0.1, 0.15) is 17.5 Å². The second kappa shape index (κ2) is 10.9. The van der Waals surface area contributed by atoms with E-state index in [0.29, 0.717) is 50.2 Å². The quantitative estimate of drug-likeness (QED) is 0.644. The molecule has 1 atom stereocenters. The molecule has 1 aromatic carbocycles. The molecule has 0 bridgehead atoms. The van der Waals surface area contributed by atoms with Gasteiger partial charge in [-0.05, 0) is 35.2 Å². The number of likely N-dealkylation sites (tertiary alicyclic amines) is 1. The van der Waals surface area contributed by atoms with E-state index in [1.54, 1.807) is 48.7 Å². The van der Waals surface area contributed by atoms with Crippen LogP contribution >= 0.6 is 0 Å². The lowest BCUT2D eigenvalue weighted by molar-refractivity contribution is -0.145. The van der Waals surface area contributed by atoms with Gasteiger partial charge in [0.2, 0.25) is 11.8 Å². The molecule has 0 saturated carbocycles. The highest BCUT2D eigenvalue weighted by atomic mass is 16.5. The van der Waals surface area contributed by atoms with Crippen molar-refractivity contribution >= 4 is 17.7 Å². The van der Waals surface area contributed by atoms with Crippen LogP contribution in [0, 0.1) is 5.41 Å². The van der Waals surface area contributed by atoms with Gasteiger partial charge in [0.05, 0.1) is 13.7 Å². The summed E-state index contributed by atoms with van der Waals surface area (Å²) in [5, 5.41) is 2.93. The fourth-order valence-electron chi connectivity index (χ4n) is 4.94. The molecule has 1 unspecified atom stereocenters. The highest BCUT2D eigenvalue weighted by Crippen LogP contribution is 2.39. The summed E-state index contributed by atoms with van der Waals surface area (Å²) in [7, 11) is 1.54. The standard InChI is InChI=1S/C28H36N4O5/c1-27(2,3)16-24(33)31-13-10-28(11-14-31)32(26(35)21-8-5-9-22(15-21)36-4)23(19-37-28)25(34)30-18-20-7-6-12-29-17-20/h5-9,12,15,17,23H,10-11,13-14,16,18-19H2,1-4H3,(H,30,34). The molecule has 2 aliphatic rings. The van der Waals surface area contributed by atoms with Gasteiger partial charge in [-0.1, -0.05) is 32.9 Å². The molecule has 37 heavy (non-hydrogen) atoms. The number of hydrogen-bond acceptors (Lipinski definition) is 6. The third-order valence-corrected chi connectivity index (χ3v) is 6.87. The lowest BCUT2D eigenvalue weighted by atomic mass is 9.90. The van der Waals surface area contributed by atoms with Crippen molar-refractivity contribution in [1.29, 1.82) is 0 Å². The van der Waals surface area contributed by atoms with Crippen molar-refractivity contribution in [2.75, 3.05) is 26.8 Å². The van der Waals surface area contributed by atoms with Gasteiger partial charge >= 0.3 is 0 Å². The van der Waals surface area contributed by atoms with Gasteiger partial charge in [-0.15, -0.1) is 0 Å². The molecule has 1 spiro atoms. The Labute approximate surface area is 218 Å². The fourth-order valence-corrected chi connectivity index (χ4v) is 4.94. The van der Waals surface area contributed by atoms with Gasteiger partial charge in [0.15, 0.2) is 0 Å². The van der Waals surface area contributed by atoms with Crippen molar-refractivity contribution < 1.29 is 23.9 Å². The van der Waals surface area contributed by atoms with Gasteiger partial charge in [0, 0.05) is 56.9 Å². The smallest absolute Gasteiger partial charge is 0.257 e. The number of nitrogens with zero attached hydrogens (tertiary/aromatic N) is 3. The average Bonchev–Trinajstić information content (AvgIpc) is 3.25. The molecule has 4 rings (SSSR count). The first-order valence-corrected chi connectivity index (χ1v) is 12.7. The third kappa shape index (κ3) is 6.10. The number of hydrogen-bond donors (Lipinski definition) is 1. The molecule has 2 aromatic rings. The SMILES string of the molecule is COc1cccc(C(=O)N2C(C(=O)NCc3cccnc3)COC23CCN(C(=O)CC(C)(C)C)CC3)c1. The first-order valence-electron chi connectivity index (χ1n) is 12.7. The molecule has 2 fully saturated rings. The minimum atomic E-state index is -0.963. The number of pyridine rings is 1. The zero-order valence-corrected chi connectivity index (χ0v) is 22.0. The van der Waals surface area contributed by atoms with E-state index >= 15 is 0 Å². The minimum Gasteiger partial charge on any atom is -0.497 e. The monoisotopic (exact) mass is 508 g/mol. The van der Waals surface area contributed by atoms with E-state index in [1.165, 1.54) is 0 Å². The summed E-state index contributed by atoms with van der Waals surface area (Å²) < 4.78 is 11.6. The molecule has 1 aromatic heterocycles. The van der Waals surface area contributed by atoms with Crippen molar-refractivity contribution in [2.24, 2.45) is 5.41 Å². The van der Waals surface area contributed by atoms with E-state index in [-0.39, 0.29) is 29.7 Å². The van der Waals surface area contributed by atoms with Gasteiger partial charge in [-0.3, -0.25) is 24.3 Å². The summed E-state index contributed by atoms with van der Waals surface area (Å²) in [5.41, 5.74) is 0.206. The lowest BCUT2D eigenvalue weighted by Gasteiger charge is -2.44. The van der Waals surface area contributed by atoms with Crippen LogP contribution in [0.4, 0.5) is 0 Å². The Morgan fingerprint density at radius 1 is 1.16 bits per heavy atom. The number of piperidine rings is 1. The summed E-state index contributed by atoms with van der Waals surface area (Å²) in [6, 6.07) is 9.79. The summed E-state index contributed by atoms with van der Waals surface area (Å²) in [5.74, 6) is 0.0626. The molecule has 9 heteroatoms. The normalized spacial score (nSPS) is 19.1. The summed E-state index contributed by atoms with van der Waals surface area (Å²) in [6.07, 6.45) is 4.69. The number of aromatic nitrogens is 1. The second-order valence-corrected chi connectivity index (χ2v) is 10.9. The Morgan fingerprint density at radius 2 is 1.92 bits per heavy atom. The number of methoxy groups -OCH3 is 1. The van der Waals surface area contributed by atoms with Crippen molar-refractivity contribution in [1.82, 2.24) is 20.1 Å². The van der Waals surface area contributed by atoms with Crippen molar-refractivity contribution in [3.05, 3.63) is 59.9 Å². The van der Waals surface area contributed by atoms with Gasteiger partial charge in [-0.2, -0.15) is 0 Å². The van der Waals surface area contributed by atoms with Crippen LogP contribution in [0.3, 0.4) is 0 Å². The van der Waals surface area contributed by atoms with Crippen LogP contribution in [0.15, 0.2) is 48.8 Å². The molecule has 0 aliphatic carbocycles. The van der Waals surface area contributed by atoms with E-state index in [1.807, 2.05) is 37.8 Å². The van der Waals surface area contributed by atoms with E-state index in [4.69, 9.17) is 9.47 Å². The maximum absolute atomic E-state index is 13.9. The Morgan fingerprint density at radius 3 is 2.57 bits per heavy atom. The van der Waals surface area contributed by atoms with Crippen LogP contribution in [-0.2, 0) is 20.9 Å². The molecule has 3 amide bonds. The van der Waals surface area contributed by atoms with Crippen LogP contribution < -0.4 is 10.1 Å². The average molecular weight is 509 g/mol. The summed E-state index contributed by atoms with van der Waals surface area (Å²) in [4.78, 5) is 47.6.